The topological polar surface area (TPSA) is 112 Å². The number of halogens is 1. The van der Waals surface area contributed by atoms with Gasteiger partial charge >= 0.3 is 5.91 Å². The van der Waals surface area contributed by atoms with Crippen molar-refractivity contribution in [3.05, 3.63) is 59.3 Å². The maximum absolute atomic E-state index is 13.0. The van der Waals surface area contributed by atoms with Crippen LogP contribution in [0.4, 0.5) is 5.69 Å². The number of hydrogen-bond donors (Lipinski definition) is 3. The second-order valence-electron chi connectivity index (χ2n) is 7.58. The Morgan fingerprint density at radius 2 is 2.06 bits per heavy atom. The van der Waals surface area contributed by atoms with Gasteiger partial charge in [0.2, 0.25) is 0 Å². The standard InChI is InChI=1S/C23H23ClN4O4/c1-31-21-10-17(8-9-20(21)32-12-19(29)15-2-3-15)28(13-25)23(30)22-26-11-18(27-22)14-4-6-16(24)7-5-14/h4-11,13,15,19,25,29H,2-3,12H2,1H3,(H,26,27)/p+1. The summed E-state index contributed by atoms with van der Waals surface area (Å²) < 4.78 is 11.1. The lowest BCUT2D eigenvalue weighted by Crippen LogP contribution is -2.84. The highest BCUT2D eigenvalue weighted by atomic mass is 35.5. The van der Waals surface area contributed by atoms with Gasteiger partial charge in [-0.3, -0.25) is 20.4 Å². The number of aliphatic hydroxyl groups is 1. The van der Waals surface area contributed by atoms with E-state index < -0.39 is 12.0 Å². The SMILES string of the molecule is COc1cc(N(C=N)C(=O)C2=NC(c3ccc(Cl)cc3)=C[NH2+]2)ccc1OCC(O)C1CC1. The number of methoxy groups -OCH3 is 1. The number of rotatable bonds is 9. The molecule has 0 spiro atoms. The minimum absolute atomic E-state index is 0.179. The molecule has 1 unspecified atom stereocenters. The Morgan fingerprint density at radius 1 is 1.31 bits per heavy atom. The Bertz CT molecular complexity index is 1080. The number of amidine groups is 1. The zero-order chi connectivity index (χ0) is 22.7. The van der Waals surface area contributed by atoms with E-state index in [1.807, 2.05) is 12.1 Å². The van der Waals surface area contributed by atoms with Gasteiger partial charge in [0, 0.05) is 16.7 Å². The van der Waals surface area contributed by atoms with Gasteiger partial charge in [-0.15, -0.1) is 0 Å². The summed E-state index contributed by atoms with van der Waals surface area (Å²) in [6, 6.07) is 12.1. The largest absolute Gasteiger partial charge is 0.493 e. The molecule has 2 aliphatic rings. The van der Waals surface area contributed by atoms with Gasteiger partial charge in [-0.1, -0.05) is 23.7 Å². The highest BCUT2D eigenvalue weighted by Crippen LogP contribution is 2.35. The van der Waals surface area contributed by atoms with Crippen LogP contribution in [0.15, 0.2) is 53.7 Å². The third-order valence-corrected chi connectivity index (χ3v) is 5.60. The molecule has 1 aliphatic carbocycles. The normalized spacial score (nSPS) is 16.1. The van der Waals surface area contributed by atoms with Crippen molar-refractivity contribution < 1.29 is 24.7 Å². The predicted molar refractivity (Wildman–Crippen MR) is 122 cm³/mol. The number of hydrogen-bond acceptors (Lipinski definition) is 6. The van der Waals surface area contributed by atoms with Gasteiger partial charge in [0.05, 0.1) is 25.2 Å². The van der Waals surface area contributed by atoms with E-state index in [0.29, 0.717) is 33.8 Å². The lowest BCUT2D eigenvalue weighted by Gasteiger charge is -2.19. The molecule has 0 saturated heterocycles. The Hall–Kier alpha value is -3.20. The van der Waals surface area contributed by atoms with Crippen molar-refractivity contribution in [2.45, 2.75) is 18.9 Å². The molecule has 8 nitrogen and oxygen atoms in total. The first kappa shape index (κ1) is 22.0. The number of aliphatic hydroxyl groups excluding tert-OH is 1. The minimum Gasteiger partial charge on any atom is -0.493 e. The molecule has 0 radical (unpaired) electrons. The molecule has 32 heavy (non-hydrogen) atoms. The summed E-state index contributed by atoms with van der Waals surface area (Å²) in [5.74, 6) is 0.943. The lowest BCUT2D eigenvalue weighted by molar-refractivity contribution is -0.455. The highest BCUT2D eigenvalue weighted by molar-refractivity contribution is 6.43. The zero-order valence-corrected chi connectivity index (χ0v) is 18.2. The first-order chi connectivity index (χ1) is 15.5. The summed E-state index contributed by atoms with van der Waals surface area (Å²) in [4.78, 5) is 18.6. The number of nitrogens with one attached hydrogen (secondary N) is 1. The molecule has 166 valence electrons. The quantitative estimate of drug-likeness (QED) is 0.398. The minimum atomic E-state index is -0.503. The number of ether oxygens (including phenoxy) is 2. The first-order valence-corrected chi connectivity index (χ1v) is 10.6. The van der Waals surface area contributed by atoms with E-state index in [4.69, 9.17) is 26.5 Å². The van der Waals surface area contributed by atoms with Crippen molar-refractivity contribution in [3.8, 4) is 11.5 Å². The van der Waals surface area contributed by atoms with Crippen LogP contribution in [-0.2, 0) is 4.79 Å². The van der Waals surface area contributed by atoms with E-state index in [0.717, 1.165) is 24.7 Å². The van der Waals surface area contributed by atoms with Gasteiger partial charge in [-0.05, 0) is 43.0 Å². The van der Waals surface area contributed by atoms with Crippen LogP contribution in [0.25, 0.3) is 5.70 Å². The van der Waals surface area contributed by atoms with Gasteiger partial charge in [0.1, 0.15) is 18.5 Å². The van der Waals surface area contributed by atoms with Crippen LogP contribution in [0.2, 0.25) is 5.02 Å². The fourth-order valence-electron chi connectivity index (χ4n) is 3.35. The molecule has 2 aromatic rings. The second kappa shape index (κ2) is 9.52. The Labute approximate surface area is 190 Å². The monoisotopic (exact) mass is 455 g/mol. The molecule has 1 aliphatic heterocycles. The van der Waals surface area contributed by atoms with Crippen molar-refractivity contribution in [2.24, 2.45) is 10.9 Å². The molecule has 1 heterocycles. The van der Waals surface area contributed by atoms with Crippen molar-refractivity contribution in [2.75, 3.05) is 18.6 Å². The zero-order valence-electron chi connectivity index (χ0n) is 17.5. The van der Waals surface area contributed by atoms with Crippen molar-refractivity contribution >= 4 is 41.1 Å². The molecular formula is C23H24ClN4O4+. The number of aliphatic imine (C=N–C) groups is 1. The van der Waals surface area contributed by atoms with Gasteiger partial charge in [0.25, 0.3) is 5.84 Å². The summed E-state index contributed by atoms with van der Waals surface area (Å²) in [5, 5.41) is 20.0. The summed E-state index contributed by atoms with van der Waals surface area (Å²) >= 11 is 5.93. The number of nitrogens with two attached hydrogens (primary N) is 1. The molecule has 0 aromatic heterocycles. The predicted octanol–water partition coefficient (Wildman–Crippen LogP) is 2.41. The van der Waals surface area contributed by atoms with Crippen LogP contribution in [0.3, 0.4) is 0 Å². The molecular weight excluding hydrogens is 432 g/mol. The number of benzene rings is 2. The average molecular weight is 456 g/mol. The van der Waals surface area contributed by atoms with Crippen molar-refractivity contribution in [1.82, 2.24) is 0 Å². The van der Waals surface area contributed by atoms with Crippen LogP contribution in [-0.4, -0.2) is 43.0 Å². The van der Waals surface area contributed by atoms with Crippen LogP contribution in [0.5, 0.6) is 11.5 Å². The smallest absolute Gasteiger partial charge is 0.338 e. The Balaban J connectivity index is 1.49. The van der Waals surface area contributed by atoms with E-state index in [1.165, 1.54) is 12.0 Å². The van der Waals surface area contributed by atoms with Crippen molar-refractivity contribution in [3.63, 3.8) is 0 Å². The molecule has 1 fully saturated rings. The molecule has 1 amide bonds. The average Bonchev–Trinajstić information content (AvgIpc) is 3.55. The molecule has 4 rings (SSSR count). The molecule has 9 heteroatoms. The van der Waals surface area contributed by atoms with Crippen LogP contribution >= 0.6 is 11.6 Å². The maximum Gasteiger partial charge on any atom is 0.338 e. The number of anilines is 1. The maximum atomic E-state index is 13.0. The van der Waals surface area contributed by atoms with Gasteiger partial charge in [-0.2, -0.15) is 4.99 Å². The van der Waals surface area contributed by atoms with Crippen LogP contribution in [0, 0.1) is 11.3 Å². The molecule has 0 bridgehead atoms. The number of carbonyl (C=O) groups excluding carboxylic acids is 1. The Kier molecular flexibility index (Phi) is 6.55. The molecule has 2 aromatic carbocycles. The fourth-order valence-corrected chi connectivity index (χ4v) is 3.48. The van der Waals surface area contributed by atoms with E-state index in [-0.39, 0.29) is 12.4 Å². The van der Waals surface area contributed by atoms with E-state index in [1.54, 1.807) is 41.8 Å². The molecule has 1 saturated carbocycles. The van der Waals surface area contributed by atoms with Crippen LogP contribution < -0.4 is 19.7 Å². The highest BCUT2D eigenvalue weighted by Gasteiger charge is 2.31. The third kappa shape index (κ3) is 4.83. The lowest BCUT2D eigenvalue weighted by atomic mass is 10.2. The summed E-state index contributed by atoms with van der Waals surface area (Å²) in [6.07, 6.45) is 4.23. The summed E-state index contributed by atoms with van der Waals surface area (Å²) in [7, 11) is 1.50. The van der Waals surface area contributed by atoms with Gasteiger partial charge in [0.15, 0.2) is 11.5 Å². The second-order valence-corrected chi connectivity index (χ2v) is 8.01. The van der Waals surface area contributed by atoms with Gasteiger partial charge in [-0.25, -0.2) is 0 Å². The van der Waals surface area contributed by atoms with Crippen molar-refractivity contribution in [1.29, 1.82) is 5.41 Å². The van der Waals surface area contributed by atoms with Gasteiger partial charge < -0.3 is 14.6 Å². The first-order valence-electron chi connectivity index (χ1n) is 10.2. The fraction of sp³-hybridized carbons (Fsp3) is 0.261. The summed E-state index contributed by atoms with van der Waals surface area (Å²) in [6.45, 7) is 0.179. The van der Waals surface area contributed by atoms with E-state index in [2.05, 4.69) is 4.99 Å². The van der Waals surface area contributed by atoms with E-state index >= 15 is 0 Å². The van der Waals surface area contributed by atoms with E-state index in [9.17, 15) is 9.90 Å². The Morgan fingerprint density at radius 3 is 2.72 bits per heavy atom. The number of quaternary nitrogens is 1. The number of carbonyl (C=O) groups is 1. The molecule has 4 N–H and O–H groups in total. The molecule has 1 atom stereocenters. The number of nitrogens with zero attached hydrogens (tertiary/aromatic N) is 2. The van der Waals surface area contributed by atoms with Crippen LogP contribution in [0.1, 0.15) is 18.4 Å². The third-order valence-electron chi connectivity index (χ3n) is 5.35. The summed E-state index contributed by atoms with van der Waals surface area (Å²) in [5.41, 5.74) is 1.92. The number of amides is 1.